The topological polar surface area (TPSA) is 46.3 Å². The van der Waals surface area contributed by atoms with E-state index in [-0.39, 0.29) is 5.91 Å². The maximum absolute atomic E-state index is 11.4. The highest BCUT2D eigenvalue weighted by Crippen LogP contribution is 2.08. The van der Waals surface area contributed by atoms with Crippen LogP contribution in [0.1, 0.15) is 23.2 Å². The normalized spacial score (nSPS) is 9.92. The monoisotopic (exact) mass is 168 g/mol. The molecule has 4 heteroatoms. The Labute approximate surface area is 71.2 Å². The van der Waals surface area contributed by atoms with Crippen molar-refractivity contribution in [1.82, 2.24) is 9.88 Å². The highest BCUT2D eigenvalue weighted by Gasteiger charge is 2.16. The van der Waals surface area contributed by atoms with Crippen LogP contribution in [0.15, 0.2) is 10.8 Å². The Bertz CT molecular complexity index is 278. The van der Waals surface area contributed by atoms with Crippen LogP contribution in [-0.4, -0.2) is 29.9 Å². The maximum atomic E-state index is 11.4. The van der Waals surface area contributed by atoms with Crippen molar-refractivity contribution in [2.75, 3.05) is 14.1 Å². The Morgan fingerprint density at radius 3 is 2.83 bits per heavy atom. The second-order valence-corrected chi connectivity index (χ2v) is 2.68. The SMILES string of the molecule is CCc1ocnc1C(=O)N(C)C. The Kier molecular flexibility index (Phi) is 2.47. The number of nitrogens with zero attached hydrogens (tertiary/aromatic N) is 2. The number of rotatable bonds is 2. The highest BCUT2D eigenvalue weighted by molar-refractivity contribution is 5.92. The van der Waals surface area contributed by atoms with Crippen LogP contribution < -0.4 is 0 Å². The van der Waals surface area contributed by atoms with Crippen LogP contribution in [0.4, 0.5) is 0 Å². The van der Waals surface area contributed by atoms with E-state index >= 15 is 0 Å². The molecule has 4 nitrogen and oxygen atoms in total. The lowest BCUT2D eigenvalue weighted by atomic mass is 10.2. The fourth-order valence-corrected chi connectivity index (χ4v) is 0.908. The van der Waals surface area contributed by atoms with Gasteiger partial charge in [-0.05, 0) is 0 Å². The molecule has 0 N–H and O–H groups in total. The Hall–Kier alpha value is -1.32. The van der Waals surface area contributed by atoms with Crippen molar-refractivity contribution in [1.29, 1.82) is 0 Å². The van der Waals surface area contributed by atoms with Crippen LogP contribution in [0.5, 0.6) is 0 Å². The van der Waals surface area contributed by atoms with Crippen molar-refractivity contribution in [3.63, 3.8) is 0 Å². The summed E-state index contributed by atoms with van der Waals surface area (Å²) in [6, 6.07) is 0. The van der Waals surface area contributed by atoms with E-state index in [4.69, 9.17) is 4.42 Å². The van der Waals surface area contributed by atoms with E-state index in [0.29, 0.717) is 17.9 Å². The molecule has 1 aromatic heterocycles. The third-order valence-electron chi connectivity index (χ3n) is 1.57. The van der Waals surface area contributed by atoms with E-state index in [1.165, 1.54) is 11.3 Å². The molecule has 1 rings (SSSR count). The zero-order valence-electron chi connectivity index (χ0n) is 7.50. The number of carbonyl (C=O) groups is 1. The van der Waals surface area contributed by atoms with Crippen molar-refractivity contribution in [3.8, 4) is 0 Å². The summed E-state index contributed by atoms with van der Waals surface area (Å²) in [7, 11) is 3.38. The summed E-state index contributed by atoms with van der Waals surface area (Å²) in [6.45, 7) is 1.92. The molecule has 0 aliphatic carbocycles. The van der Waals surface area contributed by atoms with Gasteiger partial charge in [-0.1, -0.05) is 6.92 Å². The first kappa shape index (κ1) is 8.77. The molecule has 1 amide bonds. The average Bonchev–Trinajstić information content (AvgIpc) is 2.49. The molecule has 0 saturated carbocycles. The number of hydrogen-bond acceptors (Lipinski definition) is 3. The molecular formula is C8H12N2O2. The van der Waals surface area contributed by atoms with E-state index in [9.17, 15) is 4.79 Å². The van der Waals surface area contributed by atoms with E-state index < -0.39 is 0 Å². The molecule has 0 unspecified atom stereocenters. The summed E-state index contributed by atoms with van der Waals surface area (Å²) in [6.07, 6.45) is 1.99. The highest BCUT2D eigenvalue weighted by atomic mass is 16.3. The summed E-state index contributed by atoms with van der Waals surface area (Å²) in [5.41, 5.74) is 0.419. The Morgan fingerprint density at radius 1 is 1.67 bits per heavy atom. The van der Waals surface area contributed by atoms with Gasteiger partial charge < -0.3 is 9.32 Å². The minimum absolute atomic E-state index is 0.111. The summed E-state index contributed by atoms with van der Waals surface area (Å²) in [5.74, 6) is 0.536. The molecule has 0 aromatic carbocycles. The Morgan fingerprint density at radius 2 is 2.33 bits per heavy atom. The first-order chi connectivity index (χ1) is 5.66. The molecule has 1 aromatic rings. The van der Waals surface area contributed by atoms with Gasteiger partial charge in [0, 0.05) is 20.5 Å². The third kappa shape index (κ3) is 1.47. The number of amides is 1. The van der Waals surface area contributed by atoms with Crippen LogP contribution in [0, 0.1) is 0 Å². The first-order valence-corrected chi connectivity index (χ1v) is 3.80. The van der Waals surface area contributed by atoms with E-state index in [0.717, 1.165) is 0 Å². The van der Waals surface area contributed by atoms with Gasteiger partial charge in [-0.15, -0.1) is 0 Å². The van der Waals surface area contributed by atoms with Crippen molar-refractivity contribution < 1.29 is 9.21 Å². The molecule has 0 aliphatic heterocycles. The molecule has 0 aliphatic rings. The predicted octanol–water partition coefficient (Wildman–Crippen LogP) is 0.939. The van der Waals surface area contributed by atoms with Gasteiger partial charge in [-0.25, -0.2) is 4.98 Å². The van der Waals surface area contributed by atoms with Crippen LogP contribution in [-0.2, 0) is 6.42 Å². The lowest BCUT2D eigenvalue weighted by Gasteiger charge is -2.07. The van der Waals surface area contributed by atoms with Crippen molar-refractivity contribution in [3.05, 3.63) is 17.8 Å². The zero-order chi connectivity index (χ0) is 9.14. The van der Waals surface area contributed by atoms with Crippen molar-refractivity contribution in [2.45, 2.75) is 13.3 Å². The molecule has 0 radical (unpaired) electrons. The van der Waals surface area contributed by atoms with Crippen LogP contribution in [0.3, 0.4) is 0 Å². The van der Waals surface area contributed by atoms with E-state index in [2.05, 4.69) is 4.98 Å². The molecule has 0 saturated heterocycles. The number of oxazole rings is 1. The van der Waals surface area contributed by atoms with Gasteiger partial charge in [0.15, 0.2) is 12.1 Å². The van der Waals surface area contributed by atoms with Crippen LogP contribution >= 0.6 is 0 Å². The summed E-state index contributed by atoms with van der Waals surface area (Å²) in [4.78, 5) is 16.7. The second kappa shape index (κ2) is 3.38. The van der Waals surface area contributed by atoms with Crippen molar-refractivity contribution in [2.24, 2.45) is 0 Å². The number of carbonyl (C=O) groups excluding carboxylic acids is 1. The summed E-state index contributed by atoms with van der Waals surface area (Å²) in [5, 5.41) is 0. The summed E-state index contributed by atoms with van der Waals surface area (Å²) >= 11 is 0. The molecule has 0 bridgehead atoms. The van der Waals surface area contributed by atoms with Crippen LogP contribution in [0.2, 0.25) is 0 Å². The molecule has 1 heterocycles. The van der Waals surface area contributed by atoms with E-state index in [1.807, 2.05) is 6.92 Å². The fourth-order valence-electron chi connectivity index (χ4n) is 0.908. The van der Waals surface area contributed by atoms with E-state index in [1.54, 1.807) is 14.1 Å². The lowest BCUT2D eigenvalue weighted by molar-refractivity contribution is 0.0820. The first-order valence-electron chi connectivity index (χ1n) is 3.80. The lowest BCUT2D eigenvalue weighted by Crippen LogP contribution is -2.23. The number of aryl methyl sites for hydroxylation is 1. The molecule has 12 heavy (non-hydrogen) atoms. The maximum Gasteiger partial charge on any atom is 0.275 e. The summed E-state index contributed by atoms with van der Waals surface area (Å²) < 4.78 is 5.03. The molecular weight excluding hydrogens is 156 g/mol. The number of hydrogen-bond donors (Lipinski definition) is 0. The van der Waals surface area contributed by atoms with Crippen LogP contribution in [0.25, 0.3) is 0 Å². The third-order valence-corrected chi connectivity index (χ3v) is 1.57. The van der Waals surface area contributed by atoms with Gasteiger partial charge >= 0.3 is 0 Å². The van der Waals surface area contributed by atoms with Gasteiger partial charge in [-0.3, -0.25) is 4.79 Å². The Balaban J connectivity index is 2.94. The van der Waals surface area contributed by atoms with Gasteiger partial charge in [0.1, 0.15) is 5.76 Å². The quantitative estimate of drug-likeness (QED) is 0.660. The molecule has 0 fully saturated rings. The fraction of sp³-hybridized carbons (Fsp3) is 0.500. The minimum atomic E-state index is -0.111. The largest absolute Gasteiger partial charge is 0.448 e. The molecule has 0 spiro atoms. The number of aromatic nitrogens is 1. The molecule has 66 valence electrons. The standard InChI is InChI=1S/C8H12N2O2/c1-4-6-7(9-5-12-6)8(11)10(2)3/h5H,4H2,1-3H3. The van der Waals surface area contributed by atoms with Gasteiger partial charge in [0.25, 0.3) is 5.91 Å². The second-order valence-electron chi connectivity index (χ2n) is 2.68. The molecule has 0 atom stereocenters. The smallest absolute Gasteiger partial charge is 0.275 e. The van der Waals surface area contributed by atoms with Crippen molar-refractivity contribution >= 4 is 5.91 Å². The van der Waals surface area contributed by atoms with Gasteiger partial charge in [0.05, 0.1) is 0 Å². The minimum Gasteiger partial charge on any atom is -0.448 e. The predicted molar refractivity (Wildman–Crippen MR) is 43.9 cm³/mol. The van der Waals surface area contributed by atoms with Gasteiger partial charge in [0.2, 0.25) is 0 Å². The van der Waals surface area contributed by atoms with Gasteiger partial charge in [-0.2, -0.15) is 0 Å². The average molecular weight is 168 g/mol. The zero-order valence-corrected chi connectivity index (χ0v) is 7.50.